The molecule has 0 aliphatic rings. The number of nitriles is 1. The molecule has 1 heterocycles. The number of hydrogen-bond donors (Lipinski definition) is 1. The fourth-order valence-corrected chi connectivity index (χ4v) is 2.75. The lowest BCUT2D eigenvalue weighted by atomic mass is 10.1. The number of benzene rings is 1. The molecule has 3 nitrogen and oxygen atoms in total. The van der Waals surface area contributed by atoms with E-state index in [0.29, 0.717) is 5.75 Å². The minimum atomic E-state index is -0.622. The second kappa shape index (κ2) is 7.41. The lowest BCUT2D eigenvalue weighted by molar-refractivity contribution is 0.194. The number of nitrogens with zero attached hydrogens (tertiary/aromatic N) is 1. The highest BCUT2D eigenvalue weighted by atomic mass is 35.5. The third-order valence-corrected chi connectivity index (χ3v) is 3.97. The molecule has 0 spiro atoms. The maximum atomic E-state index is 13.4. The molecule has 21 heavy (non-hydrogen) atoms. The Hall–Kier alpha value is -1.61. The highest BCUT2D eigenvalue weighted by Gasteiger charge is 2.17. The molecule has 2 rings (SSSR count). The second-order valence-electron chi connectivity index (χ2n) is 4.43. The predicted octanol–water partition coefficient (Wildman–Crippen LogP) is 4.14. The molecular weight excluding hydrogens is 311 g/mol. The zero-order valence-corrected chi connectivity index (χ0v) is 13.0. The summed E-state index contributed by atoms with van der Waals surface area (Å²) in [7, 11) is 1.86. The maximum Gasteiger partial charge on any atom is 0.143 e. The van der Waals surface area contributed by atoms with Crippen LogP contribution >= 0.6 is 22.9 Å². The molecule has 0 unspecified atom stereocenters. The Morgan fingerprint density at radius 2 is 2.33 bits per heavy atom. The van der Waals surface area contributed by atoms with Gasteiger partial charge in [0.2, 0.25) is 0 Å². The van der Waals surface area contributed by atoms with Crippen LogP contribution in [-0.2, 0) is 0 Å². The third-order valence-electron chi connectivity index (χ3n) is 2.98. The molecule has 1 aromatic heterocycles. The summed E-state index contributed by atoms with van der Waals surface area (Å²) in [5.41, 5.74) is 1.17. The highest BCUT2D eigenvalue weighted by molar-refractivity contribution is 7.07. The van der Waals surface area contributed by atoms with E-state index in [-0.39, 0.29) is 16.7 Å². The molecule has 1 atom stereocenters. The summed E-state index contributed by atoms with van der Waals surface area (Å²) in [6.45, 7) is 0.761. The van der Waals surface area contributed by atoms with Gasteiger partial charge in [0.1, 0.15) is 23.7 Å². The van der Waals surface area contributed by atoms with Crippen molar-refractivity contribution in [3.63, 3.8) is 0 Å². The van der Waals surface area contributed by atoms with Crippen molar-refractivity contribution in [1.29, 1.82) is 5.26 Å². The van der Waals surface area contributed by atoms with E-state index in [1.54, 1.807) is 11.3 Å². The summed E-state index contributed by atoms with van der Waals surface area (Å²) in [6.07, 6.45) is 0.518. The number of halogens is 2. The van der Waals surface area contributed by atoms with Gasteiger partial charge in [-0.05, 0) is 36.5 Å². The van der Waals surface area contributed by atoms with Crippen molar-refractivity contribution in [2.45, 2.75) is 12.5 Å². The van der Waals surface area contributed by atoms with Crippen molar-refractivity contribution in [2.75, 3.05) is 13.6 Å². The molecular formula is C15H14ClFN2OS. The number of ether oxygens (including phenoxy) is 1. The van der Waals surface area contributed by atoms with Crippen LogP contribution in [0.5, 0.6) is 5.75 Å². The summed E-state index contributed by atoms with van der Waals surface area (Å²) in [4.78, 5) is 0. The van der Waals surface area contributed by atoms with Gasteiger partial charge in [0, 0.05) is 18.1 Å². The summed E-state index contributed by atoms with van der Waals surface area (Å²) in [6, 6.07) is 6.36. The third kappa shape index (κ3) is 3.94. The molecule has 0 amide bonds. The largest absolute Gasteiger partial charge is 0.484 e. The average molecular weight is 325 g/mol. The number of nitrogens with one attached hydrogen (secondary N) is 1. The Bertz CT molecular complexity index is 640. The molecule has 2 aromatic rings. The molecule has 0 saturated heterocycles. The minimum Gasteiger partial charge on any atom is -0.484 e. The molecule has 1 aromatic carbocycles. The maximum absolute atomic E-state index is 13.4. The Morgan fingerprint density at radius 3 is 2.95 bits per heavy atom. The number of hydrogen-bond acceptors (Lipinski definition) is 4. The van der Waals surface area contributed by atoms with Crippen molar-refractivity contribution in [3.8, 4) is 11.8 Å². The van der Waals surface area contributed by atoms with Crippen molar-refractivity contribution in [1.82, 2.24) is 5.32 Å². The first-order valence-electron chi connectivity index (χ1n) is 6.38. The summed E-state index contributed by atoms with van der Waals surface area (Å²) >= 11 is 7.36. The molecule has 0 saturated carbocycles. The van der Waals surface area contributed by atoms with Gasteiger partial charge in [-0.3, -0.25) is 0 Å². The Morgan fingerprint density at radius 1 is 1.52 bits per heavy atom. The molecule has 6 heteroatoms. The van der Waals surface area contributed by atoms with Crippen LogP contribution in [0.2, 0.25) is 5.02 Å². The molecule has 0 bridgehead atoms. The molecule has 0 fully saturated rings. The Kier molecular flexibility index (Phi) is 5.57. The van der Waals surface area contributed by atoms with Crippen molar-refractivity contribution >= 4 is 22.9 Å². The standard InChI is InChI=1S/C15H14ClFN2OS/c1-19-4-2-14(10-3-5-21-9-10)20-15-7-12(16)13(17)6-11(15)8-18/h3,5-7,9,14,19H,2,4H2,1H3/t14-/m1/s1. The van der Waals surface area contributed by atoms with E-state index in [4.69, 9.17) is 21.6 Å². The van der Waals surface area contributed by atoms with E-state index >= 15 is 0 Å². The van der Waals surface area contributed by atoms with Crippen LogP contribution in [0.4, 0.5) is 4.39 Å². The molecule has 0 radical (unpaired) electrons. The lowest BCUT2D eigenvalue weighted by Crippen LogP contribution is -2.16. The quantitative estimate of drug-likeness (QED) is 0.868. The summed E-state index contributed by atoms with van der Waals surface area (Å²) in [5.74, 6) is -0.320. The van der Waals surface area contributed by atoms with E-state index in [2.05, 4.69) is 5.32 Å². The topological polar surface area (TPSA) is 45.0 Å². The van der Waals surface area contributed by atoms with Crippen LogP contribution in [-0.4, -0.2) is 13.6 Å². The van der Waals surface area contributed by atoms with Crippen LogP contribution in [0, 0.1) is 17.1 Å². The molecule has 1 N–H and O–H groups in total. The van der Waals surface area contributed by atoms with Crippen LogP contribution < -0.4 is 10.1 Å². The van der Waals surface area contributed by atoms with Gasteiger partial charge in [-0.15, -0.1) is 0 Å². The van der Waals surface area contributed by atoms with Gasteiger partial charge in [-0.1, -0.05) is 11.6 Å². The van der Waals surface area contributed by atoms with Crippen LogP contribution in [0.15, 0.2) is 29.0 Å². The van der Waals surface area contributed by atoms with Crippen LogP contribution in [0.3, 0.4) is 0 Å². The zero-order valence-electron chi connectivity index (χ0n) is 11.4. The second-order valence-corrected chi connectivity index (χ2v) is 5.62. The van der Waals surface area contributed by atoms with Crippen LogP contribution in [0.25, 0.3) is 0 Å². The normalized spacial score (nSPS) is 11.9. The van der Waals surface area contributed by atoms with Gasteiger partial charge in [-0.2, -0.15) is 16.6 Å². The van der Waals surface area contributed by atoms with Gasteiger partial charge in [0.25, 0.3) is 0 Å². The molecule has 0 aliphatic heterocycles. The monoisotopic (exact) mass is 324 g/mol. The fourth-order valence-electron chi connectivity index (χ4n) is 1.89. The number of rotatable bonds is 6. The van der Waals surface area contributed by atoms with E-state index in [1.165, 1.54) is 6.07 Å². The van der Waals surface area contributed by atoms with Crippen molar-refractivity contribution in [2.24, 2.45) is 0 Å². The smallest absolute Gasteiger partial charge is 0.143 e. The molecule has 0 aliphatic carbocycles. The minimum absolute atomic E-state index is 0.0540. The zero-order chi connectivity index (χ0) is 15.2. The predicted molar refractivity (Wildman–Crippen MR) is 82.4 cm³/mol. The first-order chi connectivity index (χ1) is 10.2. The van der Waals surface area contributed by atoms with Gasteiger partial charge in [0.05, 0.1) is 10.6 Å². The van der Waals surface area contributed by atoms with Crippen molar-refractivity contribution in [3.05, 3.63) is 50.9 Å². The summed E-state index contributed by atoms with van der Waals surface area (Å²) in [5, 5.41) is 16.1. The number of thiophene rings is 1. The Balaban J connectivity index is 2.28. The first-order valence-corrected chi connectivity index (χ1v) is 7.70. The van der Waals surface area contributed by atoms with Crippen LogP contribution in [0.1, 0.15) is 23.7 Å². The van der Waals surface area contributed by atoms with Gasteiger partial charge >= 0.3 is 0 Å². The average Bonchev–Trinajstić information content (AvgIpc) is 3.00. The summed E-state index contributed by atoms with van der Waals surface area (Å²) < 4.78 is 19.3. The van der Waals surface area contributed by atoms with E-state index in [0.717, 1.165) is 24.6 Å². The van der Waals surface area contributed by atoms with Gasteiger partial charge in [0.15, 0.2) is 0 Å². The Labute approximate surface area is 131 Å². The van der Waals surface area contributed by atoms with E-state index in [1.807, 2.05) is 29.9 Å². The van der Waals surface area contributed by atoms with E-state index < -0.39 is 5.82 Å². The highest BCUT2D eigenvalue weighted by Crippen LogP contribution is 2.31. The van der Waals surface area contributed by atoms with Gasteiger partial charge in [-0.25, -0.2) is 4.39 Å². The van der Waals surface area contributed by atoms with Crippen molar-refractivity contribution < 1.29 is 9.13 Å². The SMILES string of the molecule is CNCC[C@@H](Oc1cc(Cl)c(F)cc1C#N)c1ccsc1. The van der Waals surface area contributed by atoms with E-state index in [9.17, 15) is 4.39 Å². The van der Waals surface area contributed by atoms with Gasteiger partial charge < -0.3 is 10.1 Å². The fraction of sp³-hybridized carbons (Fsp3) is 0.267. The first kappa shape index (κ1) is 15.8. The molecule has 110 valence electrons. The lowest BCUT2D eigenvalue weighted by Gasteiger charge is -2.19.